The summed E-state index contributed by atoms with van der Waals surface area (Å²) in [6.45, 7) is 2.84. The number of anilines is 1. The lowest BCUT2D eigenvalue weighted by Crippen LogP contribution is -2.45. The van der Waals surface area contributed by atoms with Crippen LogP contribution in [0.4, 0.5) is 14.5 Å². The fraction of sp³-hybridized carbons (Fsp3) is 0.346. The second-order valence-corrected chi connectivity index (χ2v) is 9.19. The van der Waals surface area contributed by atoms with Gasteiger partial charge in [-0.2, -0.15) is 5.10 Å². The Morgan fingerprint density at radius 3 is 2.47 bits per heavy atom. The number of halogens is 2. The van der Waals surface area contributed by atoms with E-state index in [2.05, 4.69) is 15.4 Å². The molecule has 1 saturated heterocycles. The van der Waals surface area contributed by atoms with Crippen LogP contribution in [-0.4, -0.2) is 61.9 Å². The molecule has 2 aliphatic rings. The van der Waals surface area contributed by atoms with E-state index in [1.54, 1.807) is 0 Å². The van der Waals surface area contributed by atoms with Gasteiger partial charge in [0, 0.05) is 38.4 Å². The van der Waals surface area contributed by atoms with Crippen molar-refractivity contribution >= 4 is 28.7 Å². The molecule has 1 aliphatic heterocycles. The number of hydrogen-bond donors (Lipinski definition) is 1. The summed E-state index contributed by atoms with van der Waals surface area (Å²) in [5.41, 5.74) is 3.02. The minimum Gasteiger partial charge on any atom is -0.492 e. The van der Waals surface area contributed by atoms with E-state index in [1.807, 2.05) is 16.5 Å². The highest BCUT2D eigenvalue weighted by Crippen LogP contribution is 2.43. The minimum atomic E-state index is -0.711. The van der Waals surface area contributed by atoms with Crippen LogP contribution in [0.2, 0.25) is 0 Å². The predicted octanol–water partition coefficient (Wildman–Crippen LogP) is 3.14. The summed E-state index contributed by atoms with van der Waals surface area (Å²) in [6.07, 6.45) is 4.63. The molecule has 0 bridgehead atoms. The van der Waals surface area contributed by atoms with Gasteiger partial charge >= 0.3 is 0 Å². The van der Waals surface area contributed by atoms with Gasteiger partial charge in [0.15, 0.2) is 11.6 Å². The second kappa shape index (κ2) is 9.69. The average Bonchev–Trinajstić information content (AvgIpc) is 3.71. The lowest BCUT2D eigenvalue weighted by molar-refractivity contribution is 0.0953. The van der Waals surface area contributed by atoms with Gasteiger partial charge in [0.25, 0.3) is 5.91 Å². The van der Waals surface area contributed by atoms with Crippen LogP contribution in [0.1, 0.15) is 34.8 Å². The Morgan fingerprint density at radius 1 is 1.14 bits per heavy atom. The number of piperazine rings is 1. The number of carbonyl (C=O) groups is 1. The van der Waals surface area contributed by atoms with Crippen molar-refractivity contribution in [3.8, 4) is 5.75 Å². The maximum Gasteiger partial charge on any atom is 0.276 e. The maximum atomic E-state index is 15.5. The molecule has 2 fully saturated rings. The van der Waals surface area contributed by atoms with Crippen LogP contribution in [0.5, 0.6) is 5.75 Å². The van der Waals surface area contributed by atoms with Gasteiger partial charge in [-0.15, -0.1) is 0 Å². The summed E-state index contributed by atoms with van der Waals surface area (Å²) >= 11 is 0. The van der Waals surface area contributed by atoms with E-state index in [1.165, 1.54) is 49.9 Å². The Hall–Kier alpha value is -3.79. The summed E-state index contributed by atoms with van der Waals surface area (Å²) in [5.74, 6) is -1.35. The number of hydrazone groups is 1. The van der Waals surface area contributed by atoms with E-state index in [9.17, 15) is 14.0 Å². The number of carbonyl (C=O) groups excluding carboxylic acids is 1. The van der Waals surface area contributed by atoms with E-state index < -0.39 is 17.2 Å². The summed E-state index contributed by atoms with van der Waals surface area (Å²) in [6, 6.07) is 6.87. The Morgan fingerprint density at radius 2 is 1.83 bits per heavy atom. The molecular weight excluding hydrogens is 468 g/mol. The molecule has 0 spiro atoms. The molecule has 1 amide bonds. The van der Waals surface area contributed by atoms with Crippen molar-refractivity contribution in [3.63, 3.8) is 0 Å². The lowest BCUT2D eigenvalue weighted by atomic mass is 10.1. The molecule has 188 valence electrons. The maximum absolute atomic E-state index is 15.5. The average molecular weight is 496 g/mol. The smallest absolute Gasteiger partial charge is 0.276 e. The molecule has 0 atom stereocenters. The third kappa shape index (κ3) is 4.56. The molecule has 1 N–H and O–H groups in total. The number of likely N-dealkylation sites (N-methyl/N-ethyl adjacent to an activating group) is 1. The van der Waals surface area contributed by atoms with Crippen molar-refractivity contribution in [2.45, 2.75) is 18.9 Å². The molecule has 0 radical (unpaired) electrons. The fourth-order valence-electron chi connectivity index (χ4n) is 4.54. The number of rotatable bonds is 6. The SMILES string of the molecule is COc1c(N2CCN(C)CC2)c(F)cc2c(=O)c(C(=O)N/N=C\c3ccc(F)cc3)cn(C3CC3)c12. The van der Waals surface area contributed by atoms with Crippen LogP contribution in [0, 0.1) is 11.6 Å². The monoisotopic (exact) mass is 495 g/mol. The molecule has 1 saturated carbocycles. The van der Waals surface area contributed by atoms with Gasteiger partial charge in [-0.3, -0.25) is 9.59 Å². The molecule has 1 aromatic heterocycles. The van der Waals surface area contributed by atoms with Crippen LogP contribution in [0.15, 0.2) is 46.4 Å². The number of benzene rings is 2. The zero-order valence-corrected chi connectivity index (χ0v) is 20.1. The van der Waals surface area contributed by atoms with Gasteiger partial charge in [-0.1, -0.05) is 12.1 Å². The van der Waals surface area contributed by atoms with Crippen LogP contribution >= 0.6 is 0 Å². The second-order valence-electron chi connectivity index (χ2n) is 9.19. The molecule has 2 aromatic carbocycles. The quantitative estimate of drug-likeness (QED) is 0.420. The van der Waals surface area contributed by atoms with Crippen molar-refractivity contribution < 1.29 is 18.3 Å². The number of methoxy groups -OCH3 is 1. The van der Waals surface area contributed by atoms with E-state index in [4.69, 9.17) is 4.74 Å². The number of nitrogens with one attached hydrogen (secondary N) is 1. The van der Waals surface area contributed by atoms with E-state index in [-0.39, 0.29) is 22.8 Å². The van der Waals surface area contributed by atoms with Gasteiger partial charge in [0.2, 0.25) is 5.43 Å². The van der Waals surface area contributed by atoms with Crippen LogP contribution in [0.3, 0.4) is 0 Å². The van der Waals surface area contributed by atoms with Gasteiger partial charge < -0.3 is 19.1 Å². The molecule has 2 heterocycles. The number of hydrogen-bond acceptors (Lipinski definition) is 6. The highest BCUT2D eigenvalue weighted by Gasteiger charge is 2.31. The number of aromatic nitrogens is 1. The summed E-state index contributed by atoms with van der Waals surface area (Å²) in [5, 5.41) is 3.97. The van der Waals surface area contributed by atoms with Crippen molar-refractivity contribution in [1.29, 1.82) is 0 Å². The van der Waals surface area contributed by atoms with Gasteiger partial charge in [0.1, 0.15) is 17.1 Å². The highest BCUT2D eigenvalue weighted by atomic mass is 19.1. The molecule has 8 nitrogen and oxygen atoms in total. The Kier molecular flexibility index (Phi) is 6.44. The number of pyridine rings is 1. The summed E-state index contributed by atoms with van der Waals surface area (Å²) < 4.78 is 36.1. The molecule has 3 aromatic rings. The number of amides is 1. The Labute approximate surface area is 206 Å². The van der Waals surface area contributed by atoms with Crippen molar-refractivity contribution in [3.05, 3.63) is 69.5 Å². The lowest BCUT2D eigenvalue weighted by Gasteiger charge is -2.35. The largest absolute Gasteiger partial charge is 0.492 e. The fourth-order valence-corrected chi connectivity index (χ4v) is 4.54. The molecular formula is C26H27F2N5O3. The first kappa shape index (κ1) is 23.9. The third-order valence-corrected chi connectivity index (χ3v) is 6.66. The first-order valence-corrected chi connectivity index (χ1v) is 11.8. The number of ether oxygens (including phenoxy) is 1. The topological polar surface area (TPSA) is 79.2 Å². The minimum absolute atomic E-state index is 0.0852. The van der Waals surface area contributed by atoms with Crippen LogP contribution in [-0.2, 0) is 0 Å². The standard InChI is InChI=1S/C26H27F2N5O3/c1-31-9-11-32(12-10-31)23-21(28)13-19-22(25(23)36-2)33(18-7-8-18)15-20(24(19)34)26(35)30-29-14-16-3-5-17(27)6-4-16/h3-6,13-15,18H,7-12H2,1-2H3,(H,30,35)/b29-14-. The normalized spacial score (nSPS) is 16.6. The molecule has 36 heavy (non-hydrogen) atoms. The zero-order chi connectivity index (χ0) is 25.4. The van der Waals surface area contributed by atoms with Gasteiger partial charge in [-0.25, -0.2) is 14.2 Å². The molecule has 5 rings (SSSR count). The van der Waals surface area contributed by atoms with Crippen LogP contribution < -0.4 is 20.5 Å². The molecule has 0 unspecified atom stereocenters. The summed E-state index contributed by atoms with van der Waals surface area (Å²) in [7, 11) is 3.49. The van der Waals surface area contributed by atoms with E-state index in [0.29, 0.717) is 35.6 Å². The number of fused-ring (bicyclic) bond motifs is 1. The van der Waals surface area contributed by atoms with Crippen molar-refractivity contribution in [2.75, 3.05) is 45.2 Å². The zero-order valence-electron chi connectivity index (χ0n) is 20.1. The predicted molar refractivity (Wildman–Crippen MR) is 134 cm³/mol. The van der Waals surface area contributed by atoms with Crippen molar-refractivity contribution in [2.24, 2.45) is 5.10 Å². The highest BCUT2D eigenvalue weighted by molar-refractivity contribution is 6.00. The van der Waals surface area contributed by atoms with Gasteiger partial charge in [0.05, 0.1) is 24.2 Å². The Bertz CT molecular complexity index is 1390. The Balaban J connectivity index is 1.55. The first-order chi connectivity index (χ1) is 17.4. The first-order valence-electron chi connectivity index (χ1n) is 11.8. The third-order valence-electron chi connectivity index (χ3n) is 6.66. The summed E-state index contributed by atoms with van der Waals surface area (Å²) in [4.78, 5) is 30.4. The molecule has 1 aliphatic carbocycles. The van der Waals surface area contributed by atoms with E-state index >= 15 is 4.39 Å². The van der Waals surface area contributed by atoms with Crippen LogP contribution in [0.25, 0.3) is 10.9 Å². The van der Waals surface area contributed by atoms with Crippen molar-refractivity contribution in [1.82, 2.24) is 14.9 Å². The molecule has 10 heteroatoms. The van der Waals surface area contributed by atoms with E-state index in [0.717, 1.165) is 25.9 Å². The van der Waals surface area contributed by atoms with Gasteiger partial charge in [-0.05, 0) is 43.7 Å². The number of nitrogens with zero attached hydrogens (tertiary/aromatic N) is 4.